The van der Waals surface area contributed by atoms with E-state index in [0.717, 1.165) is 29.2 Å². The molecule has 4 nitrogen and oxygen atoms in total. The van der Waals surface area contributed by atoms with E-state index in [1.807, 2.05) is 35.2 Å². The lowest BCUT2D eigenvalue weighted by Crippen LogP contribution is -2.25. The van der Waals surface area contributed by atoms with Crippen molar-refractivity contribution in [2.75, 3.05) is 13.6 Å². The number of H-pyrrole nitrogens is 1. The summed E-state index contributed by atoms with van der Waals surface area (Å²) in [7, 11) is 1.80. The molecule has 0 radical (unpaired) electrons. The van der Waals surface area contributed by atoms with Gasteiger partial charge in [0, 0.05) is 18.2 Å². The number of halogens is 2. The summed E-state index contributed by atoms with van der Waals surface area (Å²) < 4.78 is 26.7. The van der Waals surface area contributed by atoms with Crippen LogP contribution in [0.3, 0.4) is 0 Å². The summed E-state index contributed by atoms with van der Waals surface area (Å²) in [6.07, 6.45) is 0.711. The highest BCUT2D eigenvalue weighted by Gasteiger charge is 2.16. The third kappa shape index (κ3) is 4.29. The van der Waals surface area contributed by atoms with Crippen LogP contribution in [0.5, 0.6) is 0 Å². The van der Waals surface area contributed by atoms with Gasteiger partial charge in [-0.1, -0.05) is 36.4 Å². The number of aliphatic hydroxyl groups is 1. The normalized spacial score (nSPS) is 12.5. The van der Waals surface area contributed by atoms with Gasteiger partial charge in [-0.15, -0.1) is 0 Å². The molecule has 0 spiro atoms. The van der Waals surface area contributed by atoms with Gasteiger partial charge in [-0.05, 0) is 18.7 Å². The van der Waals surface area contributed by atoms with Crippen LogP contribution in [0, 0.1) is 11.6 Å². The lowest BCUT2D eigenvalue weighted by atomic mass is 10.1. The van der Waals surface area contributed by atoms with E-state index in [1.165, 1.54) is 6.07 Å². The van der Waals surface area contributed by atoms with Crippen molar-refractivity contribution in [2.45, 2.75) is 12.6 Å². The minimum atomic E-state index is -1.05. The molecule has 1 aromatic heterocycles. The highest BCUT2D eigenvalue weighted by Crippen LogP contribution is 2.20. The average molecular weight is 343 g/mol. The fraction of sp³-hybridized carbons (Fsp3) is 0.211. The number of imidazole rings is 1. The number of rotatable bonds is 6. The first kappa shape index (κ1) is 17.3. The van der Waals surface area contributed by atoms with E-state index in [9.17, 15) is 13.9 Å². The van der Waals surface area contributed by atoms with Crippen LogP contribution in [-0.2, 0) is 6.54 Å². The Hall–Kier alpha value is -2.57. The van der Waals surface area contributed by atoms with Gasteiger partial charge in [0.15, 0.2) is 0 Å². The van der Waals surface area contributed by atoms with Gasteiger partial charge >= 0.3 is 0 Å². The van der Waals surface area contributed by atoms with Crippen molar-refractivity contribution in [1.29, 1.82) is 0 Å². The van der Waals surface area contributed by atoms with Crippen molar-refractivity contribution in [3.63, 3.8) is 0 Å². The third-order valence-electron chi connectivity index (χ3n) is 3.94. The minimum absolute atomic E-state index is 0.0812. The van der Waals surface area contributed by atoms with Crippen LogP contribution in [0.1, 0.15) is 17.5 Å². The summed E-state index contributed by atoms with van der Waals surface area (Å²) in [5, 5.41) is 10.2. The lowest BCUT2D eigenvalue weighted by Gasteiger charge is -2.20. The van der Waals surface area contributed by atoms with Gasteiger partial charge in [0.05, 0.1) is 24.5 Å². The van der Waals surface area contributed by atoms with Crippen molar-refractivity contribution >= 4 is 0 Å². The van der Waals surface area contributed by atoms with Gasteiger partial charge in [-0.3, -0.25) is 4.90 Å². The quantitative estimate of drug-likeness (QED) is 0.720. The topological polar surface area (TPSA) is 52.2 Å². The smallest absolute Gasteiger partial charge is 0.131 e. The molecular formula is C19H19F2N3O. The second kappa shape index (κ2) is 7.55. The van der Waals surface area contributed by atoms with Gasteiger partial charge in [0.2, 0.25) is 0 Å². The largest absolute Gasteiger partial charge is 0.387 e. The highest BCUT2D eigenvalue weighted by atomic mass is 19.1. The maximum absolute atomic E-state index is 13.7. The molecule has 0 aliphatic carbocycles. The standard InChI is InChI=1S/C19H19F2N3O/c1-24(11-18(25)15-8-7-14(20)9-16(15)21)12-19-22-10-17(23-19)13-5-3-2-4-6-13/h2-10,18,25H,11-12H2,1H3,(H,22,23). The van der Waals surface area contributed by atoms with Crippen molar-refractivity contribution in [3.05, 3.63) is 77.8 Å². The number of nitrogens with one attached hydrogen (secondary N) is 1. The Labute approximate surface area is 144 Å². The van der Waals surface area contributed by atoms with Crippen LogP contribution in [0.25, 0.3) is 11.3 Å². The highest BCUT2D eigenvalue weighted by molar-refractivity contribution is 5.57. The number of aromatic amines is 1. The first-order chi connectivity index (χ1) is 12.0. The summed E-state index contributed by atoms with van der Waals surface area (Å²) in [6, 6.07) is 13.0. The molecule has 3 rings (SSSR count). The Kier molecular flexibility index (Phi) is 5.21. The number of hydrogen-bond acceptors (Lipinski definition) is 3. The van der Waals surface area contributed by atoms with Crippen molar-refractivity contribution < 1.29 is 13.9 Å². The molecule has 6 heteroatoms. The van der Waals surface area contributed by atoms with Gasteiger partial charge in [-0.25, -0.2) is 13.8 Å². The van der Waals surface area contributed by atoms with Gasteiger partial charge in [0.1, 0.15) is 17.5 Å². The number of benzene rings is 2. The molecule has 0 aliphatic heterocycles. The fourth-order valence-electron chi connectivity index (χ4n) is 2.69. The molecule has 1 heterocycles. The van der Waals surface area contributed by atoms with Crippen molar-refractivity contribution in [1.82, 2.24) is 14.9 Å². The van der Waals surface area contributed by atoms with E-state index in [4.69, 9.17) is 0 Å². The Morgan fingerprint density at radius 3 is 2.64 bits per heavy atom. The summed E-state index contributed by atoms with van der Waals surface area (Å²) in [4.78, 5) is 9.39. The van der Waals surface area contributed by atoms with E-state index in [1.54, 1.807) is 13.2 Å². The molecule has 0 saturated heterocycles. The number of aliphatic hydroxyl groups excluding tert-OH is 1. The second-order valence-corrected chi connectivity index (χ2v) is 5.99. The number of hydrogen-bond donors (Lipinski definition) is 2. The predicted octanol–water partition coefficient (Wildman–Crippen LogP) is 3.52. The zero-order chi connectivity index (χ0) is 17.8. The Morgan fingerprint density at radius 2 is 1.92 bits per heavy atom. The van der Waals surface area contributed by atoms with Crippen LogP contribution < -0.4 is 0 Å². The average Bonchev–Trinajstić information content (AvgIpc) is 3.03. The number of aromatic nitrogens is 2. The van der Waals surface area contributed by atoms with Crippen LogP contribution in [0.4, 0.5) is 8.78 Å². The maximum atomic E-state index is 13.7. The lowest BCUT2D eigenvalue weighted by molar-refractivity contribution is 0.119. The van der Waals surface area contributed by atoms with Crippen LogP contribution >= 0.6 is 0 Å². The molecule has 1 atom stereocenters. The molecule has 0 fully saturated rings. The molecule has 130 valence electrons. The van der Waals surface area contributed by atoms with Crippen LogP contribution in [-0.4, -0.2) is 33.6 Å². The molecule has 0 saturated carbocycles. The van der Waals surface area contributed by atoms with Gasteiger partial charge in [-0.2, -0.15) is 0 Å². The monoisotopic (exact) mass is 343 g/mol. The van der Waals surface area contributed by atoms with E-state index >= 15 is 0 Å². The van der Waals surface area contributed by atoms with Crippen LogP contribution in [0.15, 0.2) is 54.7 Å². The molecule has 2 aromatic carbocycles. The summed E-state index contributed by atoms with van der Waals surface area (Å²) in [5.41, 5.74) is 2.03. The zero-order valence-corrected chi connectivity index (χ0v) is 13.8. The fourth-order valence-corrected chi connectivity index (χ4v) is 2.69. The Morgan fingerprint density at radius 1 is 1.16 bits per heavy atom. The second-order valence-electron chi connectivity index (χ2n) is 5.99. The first-order valence-electron chi connectivity index (χ1n) is 7.94. The van der Waals surface area contributed by atoms with Gasteiger partial charge in [0.25, 0.3) is 0 Å². The van der Waals surface area contributed by atoms with E-state index in [0.29, 0.717) is 6.54 Å². The Bertz CT molecular complexity index is 836. The Balaban J connectivity index is 1.63. The van der Waals surface area contributed by atoms with E-state index < -0.39 is 17.7 Å². The SMILES string of the molecule is CN(Cc1ncc(-c2ccccc2)[nH]1)CC(O)c1ccc(F)cc1F. The third-order valence-corrected chi connectivity index (χ3v) is 3.94. The minimum Gasteiger partial charge on any atom is -0.387 e. The summed E-state index contributed by atoms with van der Waals surface area (Å²) in [6.45, 7) is 0.663. The molecule has 1 unspecified atom stereocenters. The van der Waals surface area contributed by atoms with Crippen molar-refractivity contribution in [2.24, 2.45) is 0 Å². The molecular weight excluding hydrogens is 324 g/mol. The molecule has 0 amide bonds. The zero-order valence-electron chi connectivity index (χ0n) is 13.8. The molecule has 3 aromatic rings. The van der Waals surface area contributed by atoms with E-state index in [2.05, 4.69) is 9.97 Å². The van der Waals surface area contributed by atoms with Crippen LogP contribution in [0.2, 0.25) is 0 Å². The first-order valence-corrected chi connectivity index (χ1v) is 7.94. The summed E-state index contributed by atoms with van der Waals surface area (Å²) in [5.74, 6) is -0.663. The number of likely N-dealkylation sites (N-methyl/N-ethyl adjacent to an activating group) is 1. The van der Waals surface area contributed by atoms with Crippen molar-refractivity contribution in [3.8, 4) is 11.3 Å². The molecule has 0 aliphatic rings. The molecule has 25 heavy (non-hydrogen) atoms. The van der Waals surface area contributed by atoms with E-state index in [-0.39, 0.29) is 12.1 Å². The van der Waals surface area contributed by atoms with Gasteiger partial charge < -0.3 is 10.1 Å². The molecule has 0 bridgehead atoms. The molecule has 2 N–H and O–H groups in total. The number of nitrogens with zero attached hydrogens (tertiary/aromatic N) is 2. The summed E-state index contributed by atoms with van der Waals surface area (Å²) >= 11 is 0. The maximum Gasteiger partial charge on any atom is 0.131 e. The predicted molar refractivity (Wildman–Crippen MR) is 91.7 cm³/mol.